The number of nitriles is 1. The number of hydrogen-bond acceptors (Lipinski definition) is 5. The lowest BCUT2D eigenvalue weighted by atomic mass is 9.57. The Morgan fingerprint density at radius 3 is 2.60 bits per heavy atom. The molecule has 1 unspecified atom stereocenters. The van der Waals surface area contributed by atoms with Crippen LogP contribution in [0.2, 0.25) is 0 Å². The van der Waals surface area contributed by atoms with Crippen molar-refractivity contribution in [3.05, 3.63) is 64.2 Å². The maximum Gasteiger partial charge on any atom is 0.416 e. The molecule has 42 heavy (non-hydrogen) atoms. The third kappa shape index (κ3) is 5.62. The van der Waals surface area contributed by atoms with E-state index in [1.54, 1.807) is 25.2 Å². The van der Waals surface area contributed by atoms with E-state index in [-0.39, 0.29) is 67.2 Å². The minimum absolute atomic E-state index is 0.0685. The van der Waals surface area contributed by atoms with Crippen LogP contribution in [0.4, 0.5) is 27.6 Å². The smallest absolute Gasteiger partial charge is 0.325 e. The summed E-state index contributed by atoms with van der Waals surface area (Å²) in [7, 11) is 1.59. The van der Waals surface area contributed by atoms with Crippen molar-refractivity contribution in [2.75, 3.05) is 11.9 Å². The highest BCUT2D eigenvalue weighted by atomic mass is 19.4. The highest BCUT2D eigenvalue weighted by Crippen LogP contribution is 2.51. The maximum atomic E-state index is 14.2. The van der Waals surface area contributed by atoms with Gasteiger partial charge in [-0.15, -0.1) is 0 Å². The first-order chi connectivity index (χ1) is 19.7. The molecule has 3 N–H and O–H groups in total. The molecule has 1 aliphatic heterocycles. The second kappa shape index (κ2) is 10.8. The van der Waals surface area contributed by atoms with E-state index in [0.717, 1.165) is 18.0 Å². The summed E-state index contributed by atoms with van der Waals surface area (Å²) in [6.45, 7) is -0.353. The fourth-order valence-corrected chi connectivity index (χ4v) is 6.40. The zero-order valence-electron chi connectivity index (χ0n) is 23.0. The first-order valence-corrected chi connectivity index (χ1v) is 13.7. The molecular formula is C30H31F5N6O. The second-order valence-corrected chi connectivity index (χ2v) is 11.7. The standard InChI is InChI=1S/C30H31F5N6O/c1-40(17-37)26(38)13-28(10-19(11-28)14-36)20-3-2-4-22(9-20)41-16-24-23(27(41)42)7-18(8-25(24)30(33,34)35)15-39-21-5-6-29(31,32)12-21/h2-4,7-9,17,19,21,37-39H,5-6,10-13,15-16H2,1H3. The largest absolute Gasteiger partial charge is 0.416 e. The average Bonchev–Trinajstić information content (AvgIpc) is 3.45. The normalized spacial score (nSPS) is 24.6. The monoisotopic (exact) mass is 586 g/mol. The molecule has 222 valence electrons. The van der Waals surface area contributed by atoms with Gasteiger partial charge in [-0.2, -0.15) is 18.4 Å². The Hall–Kier alpha value is -3.85. The fraction of sp³-hybridized carbons (Fsp3) is 0.467. The van der Waals surface area contributed by atoms with Gasteiger partial charge in [-0.25, -0.2) is 8.78 Å². The van der Waals surface area contributed by atoms with Gasteiger partial charge in [0.15, 0.2) is 0 Å². The van der Waals surface area contributed by atoms with Crippen LogP contribution in [0.1, 0.15) is 71.1 Å². The summed E-state index contributed by atoms with van der Waals surface area (Å²) < 4.78 is 69.7. The van der Waals surface area contributed by atoms with Gasteiger partial charge in [0.25, 0.3) is 5.91 Å². The molecule has 12 heteroatoms. The number of carbonyl (C=O) groups is 1. The Labute approximate surface area is 240 Å². The van der Waals surface area contributed by atoms with Crippen LogP contribution in [0, 0.1) is 28.1 Å². The van der Waals surface area contributed by atoms with E-state index < -0.39 is 35.0 Å². The average molecular weight is 587 g/mol. The first kappa shape index (κ1) is 29.6. The molecular weight excluding hydrogens is 555 g/mol. The molecule has 1 amide bonds. The number of alkyl halides is 5. The number of amides is 1. The van der Waals surface area contributed by atoms with E-state index in [9.17, 15) is 32.0 Å². The first-order valence-electron chi connectivity index (χ1n) is 13.7. The lowest BCUT2D eigenvalue weighted by Crippen LogP contribution is -2.44. The van der Waals surface area contributed by atoms with Gasteiger partial charge in [0, 0.05) is 61.5 Å². The molecule has 2 saturated carbocycles. The van der Waals surface area contributed by atoms with Gasteiger partial charge in [0.2, 0.25) is 5.92 Å². The Balaban J connectivity index is 1.43. The summed E-state index contributed by atoms with van der Waals surface area (Å²) >= 11 is 0. The van der Waals surface area contributed by atoms with Gasteiger partial charge in [0.05, 0.1) is 24.5 Å². The molecule has 1 atom stereocenters. The van der Waals surface area contributed by atoms with Crippen LogP contribution in [0.5, 0.6) is 0 Å². The van der Waals surface area contributed by atoms with Gasteiger partial charge in [-0.05, 0) is 60.2 Å². The number of nitrogens with one attached hydrogen (secondary N) is 3. The fourth-order valence-electron chi connectivity index (χ4n) is 6.40. The molecule has 2 aliphatic carbocycles. The van der Waals surface area contributed by atoms with E-state index in [4.69, 9.17) is 10.8 Å². The third-order valence-electron chi connectivity index (χ3n) is 8.76. The second-order valence-electron chi connectivity index (χ2n) is 11.7. The summed E-state index contributed by atoms with van der Waals surface area (Å²) in [4.78, 5) is 16.2. The highest BCUT2D eigenvalue weighted by Gasteiger charge is 2.47. The molecule has 0 radical (unpaired) electrons. The van der Waals surface area contributed by atoms with Crippen molar-refractivity contribution in [2.45, 2.75) is 75.2 Å². The predicted octanol–water partition coefficient (Wildman–Crippen LogP) is 6.22. The number of hydrogen-bond donors (Lipinski definition) is 3. The number of halogens is 5. The summed E-state index contributed by atoms with van der Waals surface area (Å²) in [6, 6.07) is 11.1. The van der Waals surface area contributed by atoms with Crippen LogP contribution < -0.4 is 10.2 Å². The van der Waals surface area contributed by atoms with Gasteiger partial charge in [-0.3, -0.25) is 15.6 Å². The van der Waals surface area contributed by atoms with Crippen molar-refractivity contribution in [1.82, 2.24) is 10.2 Å². The third-order valence-corrected chi connectivity index (χ3v) is 8.76. The van der Waals surface area contributed by atoms with Crippen LogP contribution in [-0.2, 0) is 24.7 Å². The van der Waals surface area contributed by atoms with Crippen molar-refractivity contribution in [3.63, 3.8) is 0 Å². The zero-order chi connectivity index (χ0) is 30.4. The summed E-state index contributed by atoms with van der Waals surface area (Å²) in [5.41, 5.74) is -0.324. The number of benzene rings is 2. The Bertz CT molecular complexity index is 1460. The van der Waals surface area contributed by atoms with E-state index in [2.05, 4.69) is 11.4 Å². The van der Waals surface area contributed by atoms with Gasteiger partial charge >= 0.3 is 6.18 Å². The molecule has 2 aromatic rings. The van der Waals surface area contributed by atoms with Gasteiger partial charge in [0.1, 0.15) is 5.84 Å². The summed E-state index contributed by atoms with van der Waals surface area (Å²) in [6.07, 6.45) is -2.89. The highest BCUT2D eigenvalue weighted by molar-refractivity contribution is 6.10. The quantitative estimate of drug-likeness (QED) is 0.194. The maximum absolute atomic E-state index is 14.2. The van der Waals surface area contributed by atoms with E-state index in [1.165, 1.54) is 15.9 Å². The van der Waals surface area contributed by atoms with E-state index in [1.807, 2.05) is 6.07 Å². The molecule has 2 aromatic carbocycles. The summed E-state index contributed by atoms with van der Waals surface area (Å²) in [5.74, 6) is -3.40. The number of carbonyl (C=O) groups excluding carboxylic acids is 1. The van der Waals surface area contributed by atoms with Crippen LogP contribution in [0.15, 0.2) is 36.4 Å². The topological polar surface area (TPSA) is 107 Å². The van der Waals surface area contributed by atoms with Crippen LogP contribution >= 0.6 is 0 Å². The minimum Gasteiger partial charge on any atom is -0.325 e. The van der Waals surface area contributed by atoms with Crippen LogP contribution in [0.3, 0.4) is 0 Å². The molecule has 0 bridgehead atoms. The number of nitrogens with zero attached hydrogens (tertiary/aromatic N) is 3. The Morgan fingerprint density at radius 2 is 1.98 bits per heavy atom. The number of fused-ring (bicyclic) bond motifs is 1. The lowest BCUT2D eigenvalue weighted by molar-refractivity contribution is -0.138. The SMILES string of the molecule is CN(C=N)C(=N)CC1(c2cccc(N3Cc4c(cc(CNC5CCC(F)(F)C5)cc4C(F)(F)F)C3=O)c2)CC(C#N)C1. The molecule has 7 nitrogen and oxygen atoms in total. The molecule has 0 saturated heterocycles. The van der Waals surface area contributed by atoms with Crippen molar-refractivity contribution >= 4 is 23.8 Å². The van der Waals surface area contributed by atoms with Crippen LogP contribution in [0.25, 0.3) is 0 Å². The van der Waals surface area contributed by atoms with Crippen LogP contribution in [-0.4, -0.2) is 42.0 Å². The molecule has 3 aliphatic rings. The number of anilines is 1. The lowest BCUT2D eigenvalue weighted by Gasteiger charge is -2.46. The van der Waals surface area contributed by atoms with Crippen molar-refractivity contribution in [1.29, 1.82) is 16.1 Å². The van der Waals surface area contributed by atoms with Gasteiger partial charge < -0.3 is 15.1 Å². The Morgan fingerprint density at radius 1 is 1.24 bits per heavy atom. The zero-order valence-corrected chi connectivity index (χ0v) is 23.0. The molecule has 5 rings (SSSR count). The number of amidine groups is 1. The van der Waals surface area contributed by atoms with Gasteiger partial charge in [-0.1, -0.05) is 12.1 Å². The van der Waals surface area contributed by atoms with E-state index >= 15 is 0 Å². The molecule has 0 spiro atoms. The van der Waals surface area contributed by atoms with Crippen molar-refractivity contribution in [3.8, 4) is 6.07 Å². The number of rotatable bonds is 8. The van der Waals surface area contributed by atoms with E-state index in [0.29, 0.717) is 18.5 Å². The van der Waals surface area contributed by atoms with Crippen molar-refractivity contribution < 1.29 is 26.7 Å². The molecule has 0 aromatic heterocycles. The van der Waals surface area contributed by atoms with Crippen molar-refractivity contribution in [2.24, 2.45) is 5.92 Å². The molecule has 1 heterocycles. The molecule has 2 fully saturated rings. The summed E-state index contributed by atoms with van der Waals surface area (Å²) in [5, 5.41) is 28.2. The predicted molar refractivity (Wildman–Crippen MR) is 147 cm³/mol. The Kier molecular flexibility index (Phi) is 7.60. The minimum atomic E-state index is -4.72.